The molecule has 1 rings (SSSR count). The molecule has 0 saturated carbocycles. The van der Waals surface area contributed by atoms with Gasteiger partial charge in [0, 0.05) is 26.2 Å². The number of nitrogens with zero attached hydrogens (tertiary/aromatic N) is 2. The third-order valence-corrected chi connectivity index (χ3v) is 3.70. The van der Waals surface area contributed by atoms with Crippen LogP contribution in [0.4, 0.5) is 0 Å². The van der Waals surface area contributed by atoms with Crippen molar-refractivity contribution in [3.05, 3.63) is 0 Å². The van der Waals surface area contributed by atoms with Crippen LogP contribution in [0, 0.1) is 5.92 Å². The molecule has 0 spiro atoms. The van der Waals surface area contributed by atoms with Crippen molar-refractivity contribution in [1.82, 2.24) is 15.1 Å². The number of morpholine rings is 1. The number of likely N-dealkylation sites (N-methyl/N-ethyl adjacent to an activating group) is 1. The zero-order valence-electron chi connectivity index (χ0n) is 13.5. The summed E-state index contributed by atoms with van der Waals surface area (Å²) in [6.45, 7) is 15.2. The van der Waals surface area contributed by atoms with Crippen molar-refractivity contribution < 1.29 is 9.53 Å². The summed E-state index contributed by atoms with van der Waals surface area (Å²) in [6, 6.07) is -0.167. The summed E-state index contributed by atoms with van der Waals surface area (Å²) < 4.78 is 5.41. The smallest absolute Gasteiger partial charge is 0.242 e. The van der Waals surface area contributed by atoms with Crippen LogP contribution in [0.2, 0.25) is 0 Å². The maximum absolute atomic E-state index is 12.6. The SMILES string of the molecule is CCN(CC)CCN(CC(C)C)C(=O)C1COCCN1. The van der Waals surface area contributed by atoms with Gasteiger partial charge in [-0.1, -0.05) is 27.7 Å². The Morgan fingerprint density at radius 1 is 1.30 bits per heavy atom. The molecule has 1 fully saturated rings. The van der Waals surface area contributed by atoms with Crippen LogP contribution in [0.1, 0.15) is 27.7 Å². The average Bonchev–Trinajstić information content (AvgIpc) is 2.46. The van der Waals surface area contributed by atoms with Gasteiger partial charge in [-0.05, 0) is 19.0 Å². The highest BCUT2D eigenvalue weighted by Gasteiger charge is 2.26. The lowest BCUT2D eigenvalue weighted by molar-refractivity contribution is -0.137. The fourth-order valence-corrected chi connectivity index (χ4v) is 2.48. The Bertz CT molecular complexity index is 274. The van der Waals surface area contributed by atoms with E-state index in [1.54, 1.807) is 0 Å². The van der Waals surface area contributed by atoms with Crippen LogP contribution in [-0.2, 0) is 9.53 Å². The molecule has 20 heavy (non-hydrogen) atoms. The molecule has 0 aromatic heterocycles. The summed E-state index contributed by atoms with van der Waals surface area (Å²) in [5.74, 6) is 0.672. The monoisotopic (exact) mass is 285 g/mol. The number of hydrogen-bond acceptors (Lipinski definition) is 4. The van der Waals surface area contributed by atoms with E-state index in [0.29, 0.717) is 19.1 Å². The van der Waals surface area contributed by atoms with Crippen molar-refractivity contribution in [3.63, 3.8) is 0 Å². The first-order valence-corrected chi connectivity index (χ1v) is 7.90. The fraction of sp³-hybridized carbons (Fsp3) is 0.933. The van der Waals surface area contributed by atoms with Crippen LogP contribution in [0.5, 0.6) is 0 Å². The van der Waals surface area contributed by atoms with Crippen molar-refractivity contribution >= 4 is 5.91 Å². The number of ether oxygens (including phenoxy) is 1. The third kappa shape index (κ3) is 5.77. The number of rotatable bonds is 8. The van der Waals surface area contributed by atoms with Gasteiger partial charge in [-0.2, -0.15) is 0 Å². The van der Waals surface area contributed by atoms with Crippen molar-refractivity contribution in [2.75, 3.05) is 52.5 Å². The Morgan fingerprint density at radius 3 is 2.50 bits per heavy atom. The first-order chi connectivity index (χ1) is 9.58. The summed E-state index contributed by atoms with van der Waals surface area (Å²) in [5, 5.41) is 3.26. The lowest BCUT2D eigenvalue weighted by Gasteiger charge is -2.32. The standard InChI is InChI=1S/C15H31N3O2/c1-5-17(6-2)8-9-18(11-13(3)4)15(19)14-12-20-10-7-16-14/h13-14,16H,5-12H2,1-4H3. The van der Waals surface area contributed by atoms with Crippen molar-refractivity contribution in [3.8, 4) is 0 Å². The van der Waals surface area contributed by atoms with Gasteiger partial charge in [0.05, 0.1) is 13.2 Å². The second-order valence-electron chi connectivity index (χ2n) is 5.79. The average molecular weight is 285 g/mol. The largest absolute Gasteiger partial charge is 0.378 e. The summed E-state index contributed by atoms with van der Waals surface area (Å²) in [6.07, 6.45) is 0. The maximum Gasteiger partial charge on any atom is 0.242 e. The highest BCUT2D eigenvalue weighted by atomic mass is 16.5. The Labute approximate surface area is 123 Å². The maximum atomic E-state index is 12.6. The number of amides is 1. The lowest BCUT2D eigenvalue weighted by atomic mass is 10.1. The third-order valence-electron chi connectivity index (χ3n) is 3.70. The van der Waals surface area contributed by atoms with Crippen LogP contribution in [0.25, 0.3) is 0 Å². The van der Waals surface area contributed by atoms with E-state index < -0.39 is 0 Å². The van der Waals surface area contributed by atoms with E-state index in [1.165, 1.54) is 0 Å². The Hall–Kier alpha value is -0.650. The molecule has 1 aliphatic heterocycles. The Balaban J connectivity index is 2.55. The van der Waals surface area contributed by atoms with Gasteiger partial charge in [0.1, 0.15) is 6.04 Å². The second-order valence-corrected chi connectivity index (χ2v) is 5.79. The molecule has 1 N–H and O–H groups in total. The molecule has 1 heterocycles. The molecular weight excluding hydrogens is 254 g/mol. The van der Waals surface area contributed by atoms with Crippen LogP contribution in [0.15, 0.2) is 0 Å². The van der Waals surface area contributed by atoms with Crippen molar-refractivity contribution in [2.24, 2.45) is 5.92 Å². The van der Waals surface area contributed by atoms with E-state index in [1.807, 2.05) is 4.90 Å². The minimum atomic E-state index is -0.167. The Morgan fingerprint density at radius 2 is 2.00 bits per heavy atom. The van der Waals surface area contributed by atoms with E-state index in [9.17, 15) is 4.79 Å². The van der Waals surface area contributed by atoms with Gasteiger partial charge in [0.25, 0.3) is 0 Å². The molecule has 1 amide bonds. The van der Waals surface area contributed by atoms with Crippen LogP contribution in [-0.4, -0.2) is 74.2 Å². The predicted molar refractivity (Wildman–Crippen MR) is 81.8 cm³/mol. The van der Waals surface area contributed by atoms with Gasteiger partial charge in [0.2, 0.25) is 5.91 Å². The molecule has 1 aliphatic rings. The molecule has 0 aliphatic carbocycles. The van der Waals surface area contributed by atoms with Gasteiger partial charge in [0.15, 0.2) is 0 Å². The van der Waals surface area contributed by atoms with E-state index in [4.69, 9.17) is 4.74 Å². The van der Waals surface area contributed by atoms with Crippen LogP contribution < -0.4 is 5.32 Å². The molecule has 0 aromatic carbocycles. The van der Waals surface area contributed by atoms with Gasteiger partial charge in [-0.3, -0.25) is 4.79 Å². The van der Waals surface area contributed by atoms with Gasteiger partial charge in [-0.25, -0.2) is 0 Å². The number of nitrogens with one attached hydrogen (secondary N) is 1. The number of hydrogen-bond donors (Lipinski definition) is 1. The normalized spacial score (nSPS) is 19.6. The van der Waals surface area contributed by atoms with E-state index in [0.717, 1.165) is 39.3 Å². The molecule has 5 nitrogen and oxygen atoms in total. The molecule has 1 saturated heterocycles. The molecule has 0 bridgehead atoms. The van der Waals surface area contributed by atoms with Crippen LogP contribution in [0.3, 0.4) is 0 Å². The Kier molecular flexibility index (Phi) is 8.11. The van der Waals surface area contributed by atoms with Crippen molar-refractivity contribution in [2.45, 2.75) is 33.7 Å². The molecule has 1 unspecified atom stereocenters. The summed E-state index contributed by atoms with van der Waals surface area (Å²) in [5.41, 5.74) is 0. The topological polar surface area (TPSA) is 44.8 Å². The van der Waals surface area contributed by atoms with E-state index >= 15 is 0 Å². The van der Waals surface area contributed by atoms with E-state index in [2.05, 4.69) is 37.9 Å². The second kappa shape index (κ2) is 9.32. The molecule has 0 aromatic rings. The van der Waals surface area contributed by atoms with Gasteiger partial charge in [-0.15, -0.1) is 0 Å². The molecule has 5 heteroatoms. The molecule has 0 radical (unpaired) electrons. The molecule has 1 atom stereocenters. The summed E-state index contributed by atoms with van der Waals surface area (Å²) >= 11 is 0. The zero-order valence-corrected chi connectivity index (χ0v) is 13.5. The molecule has 118 valence electrons. The van der Waals surface area contributed by atoms with Gasteiger partial charge >= 0.3 is 0 Å². The molecular formula is C15H31N3O2. The number of carbonyl (C=O) groups is 1. The first kappa shape index (κ1) is 17.4. The first-order valence-electron chi connectivity index (χ1n) is 7.90. The van der Waals surface area contributed by atoms with Crippen LogP contribution >= 0.6 is 0 Å². The zero-order chi connectivity index (χ0) is 15.0. The van der Waals surface area contributed by atoms with Crippen molar-refractivity contribution in [1.29, 1.82) is 0 Å². The summed E-state index contributed by atoms with van der Waals surface area (Å²) in [7, 11) is 0. The predicted octanol–water partition coefficient (Wildman–Crippen LogP) is 0.801. The highest BCUT2D eigenvalue weighted by Crippen LogP contribution is 2.05. The minimum absolute atomic E-state index is 0.167. The lowest BCUT2D eigenvalue weighted by Crippen LogP contribution is -2.54. The number of carbonyl (C=O) groups excluding carboxylic acids is 1. The van der Waals surface area contributed by atoms with E-state index in [-0.39, 0.29) is 11.9 Å². The minimum Gasteiger partial charge on any atom is -0.378 e. The quantitative estimate of drug-likeness (QED) is 0.716. The van der Waals surface area contributed by atoms with Gasteiger partial charge < -0.3 is 19.9 Å². The fourth-order valence-electron chi connectivity index (χ4n) is 2.48. The summed E-state index contributed by atoms with van der Waals surface area (Å²) in [4.78, 5) is 16.9. The highest BCUT2D eigenvalue weighted by molar-refractivity contribution is 5.82.